The van der Waals surface area contributed by atoms with Crippen LogP contribution in [-0.2, 0) is 0 Å². The number of hydrogen-bond donors (Lipinski definition) is 0. The summed E-state index contributed by atoms with van der Waals surface area (Å²) in [5.41, 5.74) is 17.0. The van der Waals surface area contributed by atoms with Crippen LogP contribution in [0.2, 0.25) is 0 Å². The number of aromatic nitrogens is 4. The van der Waals surface area contributed by atoms with Gasteiger partial charge in [0.15, 0.2) is 0 Å². The molecule has 6 heteroatoms. The minimum absolute atomic E-state index is 0.882. The summed E-state index contributed by atoms with van der Waals surface area (Å²) in [7, 11) is 0. The van der Waals surface area contributed by atoms with Crippen molar-refractivity contribution in [2.75, 3.05) is 0 Å². The van der Waals surface area contributed by atoms with Crippen LogP contribution in [0.25, 0.3) is 138 Å². The molecule has 0 bridgehead atoms. The van der Waals surface area contributed by atoms with E-state index in [1.807, 2.05) is 36.5 Å². The number of para-hydroxylation sites is 4. The fourth-order valence-electron chi connectivity index (χ4n) is 10.8. The van der Waals surface area contributed by atoms with Gasteiger partial charge in [0.2, 0.25) is 0 Å². The summed E-state index contributed by atoms with van der Waals surface area (Å²) < 4.78 is 19.5. The third-order valence-electron chi connectivity index (χ3n) is 13.7. The Bertz CT molecular complexity index is 4500. The van der Waals surface area contributed by atoms with Gasteiger partial charge < -0.3 is 22.5 Å². The molecule has 0 saturated carbocycles. The Morgan fingerprint density at radius 2 is 0.677 bits per heavy atom. The highest BCUT2D eigenvalue weighted by molar-refractivity contribution is 6.15. The molecule has 9 aromatic carbocycles. The van der Waals surface area contributed by atoms with Crippen LogP contribution in [0.15, 0.2) is 215 Å². The van der Waals surface area contributed by atoms with Gasteiger partial charge in [-0.3, -0.25) is 4.98 Å². The zero-order valence-corrected chi connectivity index (χ0v) is 34.7. The zero-order valence-electron chi connectivity index (χ0n) is 34.7. The Kier molecular flexibility index (Phi) is 6.86. The molecule has 0 spiro atoms. The monoisotopic (exact) mass is 830 g/mol. The van der Waals surface area contributed by atoms with E-state index < -0.39 is 0 Å². The van der Waals surface area contributed by atoms with E-state index >= 15 is 0 Å². The van der Waals surface area contributed by atoms with Crippen molar-refractivity contribution in [3.63, 3.8) is 0 Å². The normalized spacial score (nSPS) is 12.3. The first kappa shape index (κ1) is 34.7. The van der Waals surface area contributed by atoms with Crippen LogP contribution in [0, 0.1) is 0 Å². The van der Waals surface area contributed by atoms with E-state index in [1.165, 1.54) is 43.7 Å². The number of nitrogens with zero attached hydrogens (tertiary/aromatic N) is 4. The molecule has 6 aromatic heterocycles. The maximum atomic E-state index is 6.20. The molecular formula is C59H34N4O2. The fourth-order valence-corrected chi connectivity index (χ4v) is 10.8. The zero-order chi connectivity index (χ0) is 42.3. The smallest absolute Gasteiger partial charge is 0.135 e. The summed E-state index contributed by atoms with van der Waals surface area (Å²) in [5.74, 6) is 0. The first-order valence-corrected chi connectivity index (χ1v) is 22.0. The van der Waals surface area contributed by atoms with Crippen LogP contribution in [-0.4, -0.2) is 18.7 Å². The summed E-state index contributed by atoms with van der Waals surface area (Å²) in [5, 5.41) is 10.4. The lowest BCUT2D eigenvalue weighted by atomic mass is 10.0. The lowest BCUT2D eigenvalue weighted by Crippen LogP contribution is -1.96. The van der Waals surface area contributed by atoms with Crippen molar-refractivity contribution in [2.24, 2.45) is 0 Å². The van der Waals surface area contributed by atoms with E-state index in [9.17, 15) is 0 Å². The molecule has 0 atom stereocenters. The van der Waals surface area contributed by atoms with E-state index in [1.54, 1.807) is 0 Å². The van der Waals surface area contributed by atoms with Crippen LogP contribution < -0.4 is 0 Å². The summed E-state index contributed by atoms with van der Waals surface area (Å²) in [6.45, 7) is 0. The van der Waals surface area contributed by atoms with E-state index in [0.29, 0.717) is 0 Å². The topological polar surface area (TPSA) is 54.0 Å². The number of benzene rings is 9. The average Bonchev–Trinajstić information content (AvgIpc) is 4.17. The second kappa shape index (κ2) is 12.8. The average molecular weight is 831 g/mol. The van der Waals surface area contributed by atoms with Gasteiger partial charge in [0, 0.05) is 71.7 Å². The van der Waals surface area contributed by atoms with Gasteiger partial charge in [-0.1, -0.05) is 84.9 Å². The first-order chi connectivity index (χ1) is 32.2. The molecule has 0 amide bonds. The summed E-state index contributed by atoms with van der Waals surface area (Å²) in [6, 6.07) is 71.9. The molecule has 15 aromatic rings. The lowest BCUT2D eigenvalue weighted by Gasteiger charge is -2.11. The Morgan fingerprint density at radius 3 is 1.25 bits per heavy atom. The van der Waals surface area contributed by atoms with E-state index in [2.05, 4.69) is 184 Å². The van der Waals surface area contributed by atoms with Gasteiger partial charge in [0.1, 0.15) is 22.3 Å². The molecule has 6 heterocycles. The maximum Gasteiger partial charge on any atom is 0.135 e. The van der Waals surface area contributed by atoms with Gasteiger partial charge in [0.25, 0.3) is 0 Å². The molecule has 15 rings (SSSR count). The second-order valence-corrected chi connectivity index (χ2v) is 17.1. The van der Waals surface area contributed by atoms with E-state index in [4.69, 9.17) is 13.8 Å². The van der Waals surface area contributed by atoms with Gasteiger partial charge in [0.05, 0.1) is 38.6 Å². The second-order valence-electron chi connectivity index (χ2n) is 17.1. The summed E-state index contributed by atoms with van der Waals surface area (Å²) in [4.78, 5) is 4.98. The van der Waals surface area contributed by atoms with Crippen LogP contribution in [0.1, 0.15) is 0 Å². The van der Waals surface area contributed by atoms with Crippen LogP contribution >= 0.6 is 0 Å². The highest BCUT2D eigenvalue weighted by Gasteiger charge is 2.20. The molecule has 0 aliphatic carbocycles. The highest BCUT2D eigenvalue weighted by Crippen LogP contribution is 2.41. The number of pyridine rings is 1. The van der Waals surface area contributed by atoms with Crippen molar-refractivity contribution in [1.29, 1.82) is 0 Å². The lowest BCUT2D eigenvalue weighted by molar-refractivity contribution is 0.668. The van der Waals surface area contributed by atoms with Gasteiger partial charge in [-0.15, -0.1) is 0 Å². The first-order valence-electron chi connectivity index (χ1n) is 22.0. The molecule has 0 N–H and O–H groups in total. The SMILES string of the molecule is c1ccc2c(c1)oc1ccc(-n3c4ccccc4c4cc(-c5ccc6c(c5)c5ccccc5n6-c5ccc6c(c5)c5ncccc5n6-c5ccc6oc7ccccc7c6c5)ccc43)cc12. The van der Waals surface area contributed by atoms with Crippen LogP contribution in [0.3, 0.4) is 0 Å². The number of fused-ring (bicyclic) bond motifs is 15. The van der Waals surface area contributed by atoms with E-state index in [-0.39, 0.29) is 0 Å². The van der Waals surface area contributed by atoms with Crippen molar-refractivity contribution in [2.45, 2.75) is 0 Å². The van der Waals surface area contributed by atoms with Crippen molar-refractivity contribution < 1.29 is 8.83 Å². The summed E-state index contributed by atoms with van der Waals surface area (Å²) >= 11 is 0. The molecule has 302 valence electrons. The van der Waals surface area contributed by atoms with Gasteiger partial charge >= 0.3 is 0 Å². The Hall–Kier alpha value is -8.87. The minimum Gasteiger partial charge on any atom is -0.456 e. The minimum atomic E-state index is 0.882. The van der Waals surface area contributed by atoms with E-state index in [0.717, 1.165) is 93.9 Å². The van der Waals surface area contributed by atoms with Gasteiger partial charge in [-0.25, -0.2) is 0 Å². The standard InChI is InChI=1S/C59H34N4O2/c1-5-14-49-40(10-1)44-30-35(36-20-25-52-45(31-36)41-11-2-6-15-50(41)62(52)38-22-27-57-46(32-38)42-12-3-7-17-55(42)64-57)19-24-51(44)61(49)37-21-26-53-48(34-37)59-54(16-9-29-60-59)63(53)39-23-28-58-47(33-39)43-13-4-8-18-56(43)65-58/h1-34H. The van der Waals surface area contributed by atoms with Crippen molar-refractivity contribution >= 4 is 109 Å². The Labute approximate surface area is 370 Å². The van der Waals surface area contributed by atoms with Crippen LogP contribution in [0.5, 0.6) is 0 Å². The number of furan rings is 2. The number of rotatable bonds is 4. The predicted octanol–water partition coefficient (Wildman–Crippen LogP) is 15.8. The molecule has 0 saturated heterocycles. The van der Waals surface area contributed by atoms with Crippen molar-refractivity contribution in [3.8, 4) is 28.2 Å². The maximum absolute atomic E-state index is 6.20. The molecule has 0 aliphatic rings. The van der Waals surface area contributed by atoms with Crippen molar-refractivity contribution in [1.82, 2.24) is 18.7 Å². The largest absolute Gasteiger partial charge is 0.456 e. The van der Waals surface area contributed by atoms with Gasteiger partial charge in [-0.05, 0) is 126 Å². The quantitative estimate of drug-likeness (QED) is 0.178. The molecular weight excluding hydrogens is 797 g/mol. The molecule has 0 aliphatic heterocycles. The highest BCUT2D eigenvalue weighted by atomic mass is 16.3. The molecule has 0 unspecified atom stereocenters. The summed E-state index contributed by atoms with van der Waals surface area (Å²) in [6.07, 6.45) is 1.89. The third kappa shape index (κ3) is 4.85. The molecule has 6 nitrogen and oxygen atoms in total. The van der Waals surface area contributed by atoms with Crippen LogP contribution in [0.4, 0.5) is 0 Å². The predicted molar refractivity (Wildman–Crippen MR) is 267 cm³/mol. The van der Waals surface area contributed by atoms with Gasteiger partial charge in [-0.2, -0.15) is 0 Å². The molecule has 65 heavy (non-hydrogen) atoms. The number of hydrogen-bond acceptors (Lipinski definition) is 3. The molecule has 0 fully saturated rings. The third-order valence-corrected chi connectivity index (χ3v) is 13.7. The molecule has 0 radical (unpaired) electrons. The Balaban J connectivity index is 0.876. The van der Waals surface area contributed by atoms with Crippen molar-refractivity contribution in [3.05, 3.63) is 206 Å². The Morgan fingerprint density at radius 1 is 0.277 bits per heavy atom. The fraction of sp³-hybridized carbons (Fsp3) is 0.